The van der Waals surface area contributed by atoms with Gasteiger partial charge >= 0.3 is 0 Å². The van der Waals surface area contributed by atoms with Crippen molar-refractivity contribution in [3.05, 3.63) is 153 Å². The van der Waals surface area contributed by atoms with Crippen LogP contribution in [0.15, 0.2) is 125 Å². The van der Waals surface area contributed by atoms with E-state index in [1.165, 1.54) is 22.8 Å². The van der Waals surface area contributed by atoms with Crippen LogP contribution in [0.3, 0.4) is 0 Å². The number of hydrogen-bond acceptors (Lipinski definition) is 11. The van der Waals surface area contributed by atoms with Crippen molar-refractivity contribution >= 4 is 78.8 Å². The van der Waals surface area contributed by atoms with Crippen LogP contribution in [0.2, 0.25) is 5.28 Å². The number of fused-ring (bicyclic) bond motifs is 2. The quantitative estimate of drug-likeness (QED) is 0.0911. The maximum Gasteiger partial charge on any atom is 0.296 e. The summed E-state index contributed by atoms with van der Waals surface area (Å²) in [4.78, 5) is 56.7. The van der Waals surface area contributed by atoms with Gasteiger partial charge in [0.05, 0.1) is 28.0 Å². The fourth-order valence-corrected chi connectivity index (χ4v) is 7.77. The number of aryl methyl sites for hydroxylation is 1. The molecule has 0 radical (unpaired) electrons. The molecule has 13 nitrogen and oxygen atoms in total. The molecule has 0 spiro atoms. The van der Waals surface area contributed by atoms with Crippen LogP contribution in [-0.2, 0) is 17.2 Å². The number of ketones is 2. The van der Waals surface area contributed by atoms with Gasteiger partial charge in [-0.25, -0.2) is 0 Å². The number of halogens is 1. The average Bonchev–Trinajstić information content (AvgIpc) is 3.19. The lowest BCUT2D eigenvalue weighted by Gasteiger charge is -2.25. The SMILES string of the molecule is CCN(c1ccccc1)c1nc(Cl)nc(Nc2cc(Nc3ccc4c5c3C(=O)c3ccccc3-c5c(C(=O)c3ccccc3)c(=O)n4C)ccc2S(=O)(=O)O)n1. The molecule has 1 aliphatic carbocycles. The van der Waals surface area contributed by atoms with Gasteiger partial charge in [-0.3, -0.25) is 18.9 Å². The predicted octanol–water partition coefficient (Wildman–Crippen LogP) is 7.71. The number of anilines is 6. The minimum atomic E-state index is -4.78. The van der Waals surface area contributed by atoms with Gasteiger partial charge in [0.1, 0.15) is 4.90 Å². The van der Waals surface area contributed by atoms with E-state index in [9.17, 15) is 27.4 Å². The maximum absolute atomic E-state index is 14.4. The Morgan fingerprint density at radius 2 is 1.48 bits per heavy atom. The number of carbonyl (C=O) groups is 2. The summed E-state index contributed by atoms with van der Waals surface area (Å²) in [7, 11) is -3.22. The van der Waals surface area contributed by atoms with Gasteiger partial charge in [-0.05, 0) is 66.6 Å². The predicted molar refractivity (Wildman–Crippen MR) is 215 cm³/mol. The largest absolute Gasteiger partial charge is 0.355 e. The Balaban J connectivity index is 1.26. The summed E-state index contributed by atoms with van der Waals surface area (Å²) in [6.45, 7) is 2.37. The molecule has 0 atom stereocenters. The number of hydrogen-bond donors (Lipinski definition) is 3. The third-order valence-electron chi connectivity index (χ3n) is 9.50. The van der Waals surface area contributed by atoms with Crippen molar-refractivity contribution in [3.8, 4) is 11.1 Å². The first-order valence-corrected chi connectivity index (χ1v) is 19.1. The first-order chi connectivity index (χ1) is 26.9. The van der Waals surface area contributed by atoms with Crippen LogP contribution in [0.1, 0.15) is 38.8 Å². The van der Waals surface area contributed by atoms with E-state index in [0.29, 0.717) is 51.1 Å². The van der Waals surface area contributed by atoms with Gasteiger partial charge in [0, 0.05) is 47.0 Å². The zero-order chi connectivity index (χ0) is 39.3. The number of rotatable bonds is 10. The smallest absolute Gasteiger partial charge is 0.296 e. The number of pyridine rings is 1. The van der Waals surface area contributed by atoms with Crippen molar-refractivity contribution in [2.75, 3.05) is 22.1 Å². The molecule has 5 aromatic carbocycles. The standard InChI is InChI=1S/C41H30ClN7O6S/c1-3-49(25-14-8-5-9-15-25)41-46-39(42)45-40(47-41)44-29-22-24(18-21-31(29)56(53,54)55)43-28-19-20-30-34-32(26-16-10-11-17-27(26)37(51)33(28)34)35(38(52)48(30)2)36(50)23-12-6-4-7-13-23/h4-22,43H,3H2,1-2H3,(H,53,54,55)(H,44,45,46,47). The van der Waals surface area contributed by atoms with Gasteiger partial charge in [0.2, 0.25) is 17.2 Å². The Labute approximate surface area is 325 Å². The van der Waals surface area contributed by atoms with Crippen LogP contribution < -0.4 is 21.1 Å². The minimum absolute atomic E-state index is 0.0715. The molecule has 0 fully saturated rings. The van der Waals surface area contributed by atoms with E-state index in [0.717, 1.165) is 5.69 Å². The molecule has 2 aromatic heterocycles. The molecule has 0 unspecified atom stereocenters. The van der Waals surface area contributed by atoms with Crippen LogP contribution in [-0.4, -0.2) is 50.6 Å². The van der Waals surface area contributed by atoms with E-state index >= 15 is 0 Å². The third kappa shape index (κ3) is 6.34. The van der Waals surface area contributed by atoms with Crippen molar-refractivity contribution in [2.45, 2.75) is 11.8 Å². The highest BCUT2D eigenvalue weighted by Gasteiger charge is 2.34. The lowest BCUT2D eigenvalue weighted by atomic mass is 9.80. The van der Waals surface area contributed by atoms with Crippen molar-refractivity contribution in [3.63, 3.8) is 0 Å². The maximum atomic E-state index is 14.4. The second kappa shape index (κ2) is 14.2. The summed E-state index contributed by atoms with van der Waals surface area (Å²) < 4.78 is 36.8. The van der Waals surface area contributed by atoms with Crippen LogP contribution in [0.25, 0.3) is 22.0 Å². The summed E-state index contributed by atoms with van der Waals surface area (Å²) in [5, 5.41) is 6.34. The summed E-state index contributed by atoms with van der Waals surface area (Å²) in [5.41, 5.74) is 2.75. The molecule has 278 valence electrons. The average molecular weight is 784 g/mol. The molecule has 1 aliphatic rings. The highest BCUT2D eigenvalue weighted by Crippen LogP contribution is 2.44. The Morgan fingerprint density at radius 1 is 0.804 bits per heavy atom. The van der Waals surface area contributed by atoms with Gasteiger partial charge in [-0.15, -0.1) is 0 Å². The number of aromatic nitrogens is 4. The molecule has 3 N–H and O–H groups in total. The molecule has 56 heavy (non-hydrogen) atoms. The molecule has 2 heterocycles. The third-order valence-corrected chi connectivity index (χ3v) is 10.6. The van der Waals surface area contributed by atoms with E-state index in [-0.39, 0.29) is 39.8 Å². The second-order valence-electron chi connectivity index (χ2n) is 12.8. The zero-order valence-electron chi connectivity index (χ0n) is 29.7. The Hall–Kier alpha value is -6.74. The minimum Gasteiger partial charge on any atom is -0.355 e. The number of nitrogens with one attached hydrogen (secondary N) is 2. The Kier molecular flexibility index (Phi) is 9.16. The van der Waals surface area contributed by atoms with Crippen molar-refractivity contribution in [2.24, 2.45) is 7.05 Å². The molecule has 0 bridgehead atoms. The Bertz CT molecular complexity index is 2920. The molecule has 0 aliphatic heterocycles. The van der Waals surface area contributed by atoms with E-state index in [4.69, 9.17) is 11.6 Å². The van der Waals surface area contributed by atoms with Gasteiger partial charge in [0.25, 0.3) is 15.7 Å². The normalized spacial score (nSPS) is 12.0. The lowest BCUT2D eigenvalue weighted by Crippen LogP contribution is -2.29. The fourth-order valence-electron chi connectivity index (χ4n) is 6.99. The summed E-state index contributed by atoms with van der Waals surface area (Å²) in [5.74, 6) is -0.754. The van der Waals surface area contributed by atoms with Crippen LogP contribution >= 0.6 is 11.6 Å². The monoisotopic (exact) mass is 783 g/mol. The summed E-state index contributed by atoms with van der Waals surface area (Å²) >= 11 is 6.33. The highest BCUT2D eigenvalue weighted by atomic mass is 35.5. The van der Waals surface area contributed by atoms with E-state index in [1.807, 2.05) is 37.3 Å². The van der Waals surface area contributed by atoms with E-state index < -0.39 is 26.4 Å². The van der Waals surface area contributed by atoms with Gasteiger partial charge in [-0.2, -0.15) is 23.4 Å². The molecule has 15 heteroatoms. The number of para-hydroxylation sites is 1. The van der Waals surface area contributed by atoms with Gasteiger partial charge in [0.15, 0.2) is 11.6 Å². The highest BCUT2D eigenvalue weighted by molar-refractivity contribution is 7.86. The molecule has 7 aromatic rings. The van der Waals surface area contributed by atoms with Crippen LogP contribution in [0, 0.1) is 0 Å². The molecule has 0 saturated heterocycles. The summed E-state index contributed by atoms with van der Waals surface area (Å²) in [6.07, 6.45) is 0. The van der Waals surface area contributed by atoms with E-state index in [2.05, 4.69) is 25.6 Å². The topological polar surface area (TPSA) is 176 Å². The number of nitrogens with zero attached hydrogens (tertiary/aromatic N) is 5. The molecule has 0 amide bonds. The summed E-state index contributed by atoms with van der Waals surface area (Å²) in [6, 6.07) is 31.9. The molecular weight excluding hydrogens is 754 g/mol. The molecular formula is C41H30ClN7O6S. The Morgan fingerprint density at radius 3 is 2.18 bits per heavy atom. The zero-order valence-corrected chi connectivity index (χ0v) is 31.3. The van der Waals surface area contributed by atoms with Crippen LogP contribution in [0.4, 0.5) is 34.6 Å². The second-order valence-corrected chi connectivity index (χ2v) is 14.5. The van der Waals surface area contributed by atoms with Crippen molar-refractivity contribution in [1.29, 1.82) is 0 Å². The molecule has 0 saturated carbocycles. The number of benzene rings is 5. The number of carbonyl (C=O) groups excluding carboxylic acids is 2. The lowest BCUT2D eigenvalue weighted by molar-refractivity contribution is 0.102. The molecule has 8 rings (SSSR count). The van der Waals surface area contributed by atoms with E-state index in [1.54, 1.807) is 78.7 Å². The van der Waals surface area contributed by atoms with Crippen molar-refractivity contribution < 1.29 is 22.6 Å². The first-order valence-electron chi connectivity index (χ1n) is 17.3. The van der Waals surface area contributed by atoms with Gasteiger partial charge in [-0.1, -0.05) is 72.8 Å². The fraction of sp³-hybridized carbons (Fsp3) is 0.0732. The van der Waals surface area contributed by atoms with Gasteiger partial charge < -0.3 is 20.1 Å². The van der Waals surface area contributed by atoms with Crippen LogP contribution in [0.5, 0.6) is 0 Å². The first kappa shape index (κ1) is 36.2. The van der Waals surface area contributed by atoms with Crippen molar-refractivity contribution in [1.82, 2.24) is 19.5 Å².